The molecule has 0 unspecified atom stereocenters. The van der Waals surface area contributed by atoms with Crippen molar-refractivity contribution in [3.05, 3.63) is 46.4 Å². The van der Waals surface area contributed by atoms with Crippen LogP contribution in [-0.2, 0) is 9.59 Å². The number of carbonyl (C=O) groups excluding carboxylic acids is 2. The number of aromatic nitrogens is 1. The Balaban J connectivity index is 0.000000675. The Hall–Kier alpha value is -2.78. The van der Waals surface area contributed by atoms with Crippen LogP contribution in [0.1, 0.15) is 26.5 Å². The van der Waals surface area contributed by atoms with Gasteiger partial charge >= 0.3 is 18.1 Å². The zero-order chi connectivity index (χ0) is 24.9. The van der Waals surface area contributed by atoms with E-state index >= 15 is 0 Å². The number of carboxylic acid groups (broad SMARTS) is 2. The molecule has 9 nitrogen and oxygen atoms in total. The molecule has 2 heterocycles. The van der Waals surface area contributed by atoms with E-state index in [1.54, 1.807) is 23.6 Å². The van der Waals surface area contributed by atoms with E-state index in [9.17, 15) is 27.6 Å². The molecule has 33 heavy (non-hydrogen) atoms. The van der Waals surface area contributed by atoms with E-state index < -0.39 is 18.1 Å². The first kappa shape index (κ1) is 28.3. The quantitative estimate of drug-likeness (QED) is 0.270. The van der Waals surface area contributed by atoms with E-state index in [0.717, 1.165) is 0 Å². The summed E-state index contributed by atoms with van der Waals surface area (Å²) < 4.78 is 31.7. The maximum Gasteiger partial charge on any atom is 0.490 e. The highest BCUT2D eigenvalue weighted by Gasteiger charge is 2.38. The van der Waals surface area contributed by atoms with E-state index in [2.05, 4.69) is 15.6 Å². The predicted molar refractivity (Wildman–Crippen MR) is 120 cm³/mol. The Labute approximate surface area is 197 Å². The fourth-order valence-electron chi connectivity index (χ4n) is 1.81. The van der Waals surface area contributed by atoms with Crippen LogP contribution in [0.2, 0.25) is 0 Å². The molecule has 0 bridgehead atoms. The highest BCUT2D eigenvalue weighted by atomic mass is 33.1. The molecule has 0 aliphatic heterocycles. The number of rotatable bonds is 10. The van der Waals surface area contributed by atoms with Crippen molar-refractivity contribution in [2.24, 2.45) is 0 Å². The summed E-state index contributed by atoms with van der Waals surface area (Å²) in [5, 5.41) is 22.9. The molecule has 2 rings (SSSR count). The number of thiophene rings is 1. The number of pyridine rings is 1. The lowest BCUT2D eigenvalue weighted by molar-refractivity contribution is -0.192. The van der Waals surface area contributed by atoms with Crippen LogP contribution in [0.15, 0.2) is 36.0 Å². The van der Waals surface area contributed by atoms with Crippen molar-refractivity contribution in [1.29, 1.82) is 0 Å². The van der Waals surface area contributed by atoms with E-state index in [1.807, 2.05) is 0 Å². The molecule has 2 aromatic rings. The number of nitrogens with zero attached hydrogens (tertiary/aromatic N) is 1. The van der Waals surface area contributed by atoms with Crippen LogP contribution in [-0.4, -0.2) is 63.2 Å². The SMILES string of the molecule is O=C(O)C(F)(F)F.O=C(O)CCSSCCNC(=O)c1sccc1NC(=O)c1ccncc1. The van der Waals surface area contributed by atoms with Gasteiger partial charge in [-0.15, -0.1) is 11.3 Å². The second-order valence-corrected chi connectivity index (χ2v) is 9.32. The molecule has 180 valence electrons. The Morgan fingerprint density at radius 2 is 1.61 bits per heavy atom. The summed E-state index contributed by atoms with van der Waals surface area (Å²) >= 11 is 1.25. The number of amides is 2. The van der Waals surface area contributed by atoms with Gasteiger partial charge < -0.3 is 20.8 Å². The van der Waals surface area contributed by atoms with Crippen molar-refractivity contribution in [3.63, 3.8) is 0 Å². The van der Waals surface area contributed by atoms with Gasteiger partial charge in [-0.05, 0) is 23.6 Å². The number of hydrogen-bond donors (Lipinski definition) is 4. The molecule has 15 heteroatoms. The van der Waals surface area contributed by atoms with Crippen LogP contribution in [0, 0.1) is 0 Å². The topological polar surface area (TPSA) is 146 Å². The Morgan fingerprint density at radius 3 is 2.18 bits per heavy atom. The van der Waals surface area contributed by atoms with Crippen LogP contribution in [0.3, 0.4) is 0 Å². The minimum absolute atomic E-state index is 0.125. The fraction of sp³-hybridized carbons (Fsp3) is 0.278. The van der Waals surface area contributed by atoms with Crippen LogP contribution >= 0.6 is 32.9 Å². The minimum Gasteiger partial charge on any atom is -0.481 e. The van der Waals surface area contributed by atoms with E-state index in [4.69, 9.17) is 15.0 Å². The van der Waals surface area contributed by atoms with Crippen molar-refractivity contribution in [2.45, 2.75) is 12.6 Å². The van der Waals surface area contributed by atoms with Crippen LogP contribution in [0.4, 0.5) is 18.9 Å². The van der Waals surface area contributed by atoms with Gasteiger partial charge in [-0.1, -0.05) is 21.6 Å². The summed E-state index contributed by atoms with van der Waals surface area (Å²) in [5.41, 5.74) is 0.935. The third kappa shape index (κ3) is 11.6. The lowest BCUT2D eigenvalue weighted by atomic mass is 10.2. The number of nitrogens with one attached hydrogen (secondary N) is 2. The van der Waals surface area contributed by atoms with Crippen molar-refractivity contribution < 1.29 is 42.6 Å². The molecule has 0 saturated heterocycles. The van der Waals surface area contributed by atoms with Crippen molar-refractivity contribution in [1.82, 2.24) is 10.3 Å². The van der Waals surface area contributed by atoms with E-state index in [-0.39, 0.29) is 18.2 Å². The first-order chi connectivity index (χ1) is 15.5. The minimum atomic E-state index is -5.08. The lowest BCUT2D eigenvalue weighted by Gasteiger charge is -2.07. The Kier molecular flexibility index (Phi) is 12.3. The predicted octanol–water partition coefficient (Wildman–Crippen LogP) is 3.61. The van der Waals surface area contributed by atoms with Gasteiger partial charge in [0.2, 0.25) is 0 Å². The van der Waals surface area contributed by atoms with Gasteiger partial charge in [0.25, 0.3) is 11.8 Å². The van der Waals surface area contributed by atoms with Gasteiger partial charge in [-0.25, -0.2) is 4.79 Å². The number of halogens is 3. The molecule has 2 aromatic heterocycles. The average Bonchev–Trinajstić information content (AvgIpc) is 3.21. The maximum atomic E-state index is 12.3. The molecule has 0 aromatic carbocycles. The normalized spacial score (nSPS) is 10.5. The zero-order valence-electron chi connectivity index (χ0n) is 16.6. The third-order valence-corrected chi connectivity index (χ3v) is 6.58. The molecule has 0 aliphatic carbocycles. The second-order valence-electron chi connectivity index (χ2n) is 5.70. The number of hydrogen-bond acceptors (Lipinski definition) is 8. The van der Waals surface area contributed by atoms with E-state index in [0.29, 0.717) is 34.2 Å². The second kappa shape index (κ2) is 14.4. The van der Waals surface area contributed by atoms with Crippen LogP contribution < -0.4 is 10.6 Å². The van der Waals surface area contributed by atoms with Gasteiger partial charge in [0.15, 0.2) is 0 Å². The molecule has 0 spiro atoms. The molecule has 0 aliphatic rings. The largest absolute Gasteiger partial charge is 0.490 e. The molecule has 0 radical (unpaired) electrons. The molecule has 0 atom stereocenters. The number of anilines is 1. The Bertz CT molecular complexity index is 941. The average molecular weight is 526 g/mol. The van der Waals surface area contributed by atoms with Crippen molar-refractivity contribution in [2.75, 3.05) is 23.4 Å². The highest BCUT2D eigenvalue weighted by Crippen LogP contribution is 2.24. The monoisotopic (exact) mass is 525 g/mol. The lowest BCUT2D eigenvalue weighted by Crippen LogP contribution is -2.26. The molecule has 2 amide bonds. The molecular formula is C18H18F3N3O6S3. The smallest absolute Gasteiger partial charge is 0.481 e. The Morgan fingerprint density at radius 1 is 1.00 bits per heavy atom. The summed E-state index contributed by atoms with van der Waals surface area (Å²) in [6.07, 6.45) is -1.90. The van der Waals surface area contributed by atoms with Gasteiger partial charge in [-0.2, -0.15) is 13.2 Å². The molecular weight excluding hydrogens is 507 g/mol. The number of alkyl halides is 3. The number of carbonyl (C=O) groups is 4. The molecule has 0 fully saturated rings. The third-order valence-electron chi connectivity index (χ3n) is 3.26. The van der Waals surface area contributed by atoms with Gasteiger partial charge in [-0.3, -0.25) is 19.4 Å². The number of carboxylic acids is 2. The fourth-order valence-corrected chi connectivity index (χ4v) is 4.47. The highest BCUT2D eigenvalue weighted by molar-refractivity contribution is 8.76. The summed E-state index contributed by atoms with van der Waals surface area (Å²) in [6, 6.07) is 4.89. The van der Waals surface area contributed by atoms with Crippen molar-refractivity contribution >= 4 is 62.4 Å². The van der Waals surface area contributed by atoms with Crippen molar-refractivity contribution in [3.8, 4) is 0 Å². The van der Waals surface area contributed by atoms with Crippen LogP contribution in [0.5, 0.6) is 0 Å². The van der Waals surface area contributed by atoms with Crippen LogP contribution in [0.25, 0.3) is 0 Å². The zero-order valence-corrected chi connectivity index (χ0v) is 19.1. The molecule has 4 N–H and O–H groups in total. The summed E-state index contributed by atoms with van der Waals surface area (Å²) in [5.74, 6) is -2.92. The summed E-state index contributed by atoms with van der Waals surface area (Å²) in [6.45, 7) is 0.458. The first-order valence-corrected chi connectivity index (χ1v) is 12.2. The molecule has 0 saturated carbocycles. The van der Waals surface area contributed by atoms with Gasteiger partial charge in [0, 0.05) is 36.0 Å². The summed E-state index contributed by atoms with van der Waals surface area (Å²) in [7, 11) is 2.98. The first-order valence-electron chi connectivity index (χ1n) is 8.85. The van der Waals surface area contributed by atoms with Gasteiger partial charge in [0.1, 0.15) is 4.88 Å². The summed E-state index contributed by atoms with van der Waals surface area (Å²) in [4.78, 5) is 48.0. The number of aliphatic carboxylic acids is 2. The maximum absolute atomic E-state index is 12.3. The van der Waals surface area contributed by atoms with Gasteiger partial charge in [0.05, 0.1) is 12.1 Å². The van der Waals surface area contributed by atoms with E-state index in [1.165, 1.54) is 45.3 Å². The standard InChI is InChI=1S/C16H17N3O4S3.C2HF3O2/c20-13(21)4-9-25-26-10-7-18-16(23)14-12(3-8-24-14)19-15(22)11-1-5-17-6-2-11;3-2(4,5)1(6)7/h1-3,5-6,8H,4,7,9-10H2,(H,18,23)(H,19,22)(H,20,21);(H,6,7).